The van der Waals surface area contributed by atoms with E-state index in [-0.39, 0.29) is 0 Å². The smallest absolute Gasteiger partial charge is 0.325 e. The molecule has 0 fully saturated rings. The number of fused-ring (bicyclic) bond motifs is 1. The standard InChI is InChI=1S/C11H16N2O2/c1-6-9(10(12)11(14)15)7-4-2-3-5-8(7)13-6/h10,13H,2-5,12H2,1H3,(H,14,15). The number of aromatic nitrogens is 1. The summed E-state index contributed by atoms with van der Waals surface area (Å²) in [6.45, 7) is 1.90. The molecule has 0 radical (unpaired) electrons. The molecule has 0 saturated carbocycles. The van der Waals surface area contributed by atoms with Crippen LogP contribution in [0.3, 0.4) is 0 Å². The van der Waals surface area contributed by atoms with E-state index in [4.69, 9.17) is 10.8 Å². The van der Waals surface area contributed by atoms with Crippen molar-refractivity contribution in [3.05, 3.63) is 22.5 Å². The molecule has 0 saturated heterocycles. The molecule has 1 heterocycles. The summed E-state index contributed by atoms with van der Waals surface area (Å²) in [5.41, 5.74) is 9.74. The molecule has 2 rings (SSSR count). The summed E-state index contributed by atoms with van der Waals surface area (Å²) in [5.74, 6) is -0.953. The van der Waals surface area contributed by atoms with Crippen LogP contribution >= 0.6 is 0 Å². The molecular weight excluding hydrogens is 192 g/mol. The summed E-state index contributed by atoms with van der Waals surface area (Å²) >= 11 is 0. The first-order chi connectivity index (χ1) is 7.11. The van der Waals surface area contributed by atoms with Crippen LogP contribution in [0.15, 0.2) is 0 Å². The average Bonchev–Trinajstić information content (AvgIpc) is 2.52. The lowest BCUT2D eigenvalue weighted by molar-refractivity contribution is -0.138. The molecule has 82 valence electrons. The summed E-state index contributed by atoms with van der Waals surface area (Å²) in [6.07, 6.45) is 4.27. The predicted molar refractivity (Wildman–Crippen MR) is 56.7 cm³/mol. The molecule has 0 aromatic carbocycles. The number of aliphatic carboxylic acids is 1. The predicted octanol–water partition coefficient (Wildman–Crippen LogP) is 1.29. The van der Waals surface area contributed by atoms with Gasteiger partial charge in [0.1, 0.15) is 6.04 Å². The number of H-pyrrole nitrogens is 1. The zero-order valence-electron chi connectivity index (χ0n) is 8.84. The fourth-order valence-corrected chi connectivity index (χ4v) is 2.40. The highest BCUT2D eigenvalue weighted by atomic mass is 16.4. The Balaban J connectivity index is 2.46. The minimum Gasteiger partial charge on any atom is -0.480 e. The quantitative estimate of drug-likeness (QED) is 0.685. The molecule has 1 unspecified atom stereocenters. The molecule has 4 N–H and O–H groups in total. The third-order valence-electron chi connectivity index (χ3n) is 3.11. The third kappa shape index (κ3) is 1.65. The van der Waals surface area contributed by atoms with E-state index >= 15 is 0 Å². The van der Waals surface area contributed by atoms with Crippen molar-refractivity contribution in [1.82, 2.24) is 4.98 Å². The SMILES string of the molecule is Cc1[nH]c2c(c1C(N)C(=O)O)CCCC2. The number of carboxylic acid groups (broad SMARTS) is 1. The maximum absolute atomic E-state index is 10.9. The van der Waals surface area contributed by atoms with Crippen LogP contribution in [0.25, 0.3) is 0 Å². The molecule has 15 heavy (non-hydrogen) atoms. The topological polar surface area (TPSA) is 79.1 Å². The molecule has 0 aliphatic heterocycles. The van der Waals surface area contributed by atoms with Crippen LogP contribution in [0.1, 0.15) is 41.4 Å². The van der Waals surface area contributed by atoms with Crippen LogP contribution in [0.2, 0.25) is 0 Å². The second-order valence-electron chi connectivity index (χ2n) is 4.14. The van der Waals surface area contributed by atoms with Gasteiger partial charge in [0.05, 0.1) is 0 Å². The molecule has 0 amide bonds. The second kappa shape index (κ2) is 3.70. The van der Waals surface area contributed by atoms with Gasteiger partial charge in [-0.05, 0) is 38.2 Å². The molecule has 0 spiro atoms. The van der Waals surface area contributed by atoms with E-state index in [0.29, 0.717) is 0 Å². The van der Waals surface area contributed by atoms with E-state index in [9.17, 15) is 4.79 Å². The number of aromatic amines is 1. The number of nitrogens with two attached hydrogens (primary N) is 1. The minimum absolute atomic E-state index is 0.803. The van der Waals surface area contributed by atoms with E-state index in [1.54, 1.807) is 0 Å². The van der Waals surface area contributed by atoms with Crippen LogP contribution in [-0.2, 0) is 17.6 Å². The molecule has 1 atom stereocenters. The van der Waals surface area contributed by atoms with Gasteiger partial charge in [-0.1, -0.05) is 0 Å². The highest BCUT2D eigenvalue weighted by Crippen LogP contribution is 2.30. The van der Waals surface area contributed by atoms with Gasteiger partial charge in [0.15, 0.2) is 0 Å². The van der Waals surface area contributed by atoms with Gasteiger partial charge in [-0.25, -0.2) is 0 Å². The van der Waals surface area contributed by atoms with Gasteiger partial charge < -0.3 is 15.8 Å². The molecule has 1 aliphatic rings. The summed E-state index contributed by atoms with van der Waals surface area (Å²) < 4.78 is 0. The van der Waals surface area contributed by atoms with Gasteiger partial charge in [0.2, 0.25) is 0 Å². The van der Waals surface area contributed by atoms with E-state index < -0.39 is 12.0 Å². The van der Waals surface area contributed by atoms with Crippen molar-refractivity contribution in [3.63, 3.8) is 0 Å². The zero-order chi connectivity index (χ0) is 11.0. The molecule has 4 nitrogen and oxygen atoms in total. The summed E-state index contributed by atoms with van der Waals surface area (Å²) in [6, 6.07) is -0.886. The van der Waals surface area contributed by atoms with Gasteiger partial charge in [-0.3, -0.25) is 4.79 Å². The first-order valence-electron chi connectivity index (χ1n) is 5.30. The van der Waals surface area contributed by atoms with Gasteiger partial charge in [0, 0.05) is 17.0 Å². The van der Waals surface area contributed by atoms with Gasteiger partial charge in [-0.15, -0.1) is 0 Å². The maximum Gasteiger partial charge on any atom is 0.325 e. The molecular formula is C11H16N2O2. The van der Waals surface area contributed by atoms with E-state index in [2.05, 4.69) is 4.98 Å². The first kappa shape index (κ1) is 10.2. The van der Waals surface area contributed by atoms with Crippen LogP contribution in [0.5, 0.6) is 0 Å². The molecule has 0 bridgehead atoms. The molecule has 1 aromatic heterocycles. The molecule has 4 heteroatoms. The van der Waals surface area contributed by atoms with Crippen molar-refractivity contribution in [1.29, 1.82) is 0 Å². The molecule has 1 aliphatic carbocycles. The lowest BCUT2D eigenvalue weighted by atomic mass is 9.92. The van der Waals surface area contributed by atoms with Gasteiger partial charge in [-0.2, -0.15) is 0 Å². The van der Waals surface area contributed by atoms with Crippen molar-refractivity contribution < 1.29 is 9.90 Å². The first-order valence-corrected chi connectivity index (χ1v) is 5.30. The van der Waals surface area contributed by atoms with Crippen LogP contribution < -0.4 is 5.73 Å². The Labute approximate surface area is 88.5 Å². The van der Waals surface area contributed by atoms with E-state index in [1.807, 2.05) is 6.92 Å². The van der Waals surface area contributed by atoms with Crippen molar-refractivity contribution in [3.8, 4) is 0 Å². The Morgan fingerprint density at radius 1 is 1.47 bits per heavy atom. The number of nitrogens with one attached hydrogen (secondary N) is 1. The lowest BCUT2D eigenvalue weighted by Gasteiger charge is -2.14. The number of rotatable bonds is 2. The Morgan fingerprint density at radius 2 is 2.13 bits per heavy atom. The van der Waals surface area contributed by atoms with Gasteiger partial charge in [0.25, 0.3) is 0 Å². The number of aryl methyl sites for hydroxylation is 2. The van der Waals surface area contributed by atoms with Crippen molar-refractivity contribution >= 4 is 5.97 Å². The monoisotopic (exact) mass is 208 g/mol. The number of carboxylic acids is 1. The van der Waals surface area contributed by atoms with Gasteiger partial charge >= 0.3 is 5.97 Å². The third-order valence-corrected chi connectivity index (χ3v) is 3.11. The fraction of sp³-hybridized carbons (Fsp3) is 0.545. The van der Waals surface area contributed by atoms with E-state index in [1.165, 1.54) is 12.1 Å². The van der Waals surface area contributed by atoms with E-state index in [0.717, 1.165) is 36.1 Å². The van der Waals surface area contributed by atoms with Crippen molar-refractivity contribution in [2.45, 2.75) is 38.6 Å². The summed E-state index contributed by atoms with van der Waals surface area (Å²) in [7, 11) is 0. The van der Waals surface area contributed by atoms with Crippen LogP contribution in [0.4, 0.5) is 0 Å². The zero-order valence-corrected chi connectivity index (χ0v) is 8.84. The normalized spacial score (nSPS) is 17.2. The Kier molecular flexibility index (Phi) is 2.52. The minimum atomic E-state index is -0.953. The number of carbonyl (C=O) groups is 1. The summed E-state index contributed by atoms with van der Waals surface area (Å²) in [5, 5.41) is 8.94. The highest BCUT2D eigenvalue weighted by molar-refractivity contribution is 5.76. The largest absolute Gasteiger partial charge is 0.480 e. The van der Waals surface area contributed by atoms with Crippen LogP contribution in [0, 0.1) is 6.92 Å². The van der Waals surface area contributed by atoms with Crippen molar-refractivity contribution in [2.24, 2.45) is 5.73 Å². The second-order valence-corrected chi connectivity index (χ2v) is 4.14. The maximum atomic E-state index is 10.9. The van der Waals surface area contributed by atoms with Crippen LogP contribution in [-0.4, -0.2) is 16.1 Å². The summed E-state index contributed by atoms with van der Waals surface area (Å²) in [4.78, 5) is 14.2. The Hall–Kier alpha value is -1.29. The van der Waals surface area contributed by atoms with Crippen molar-refractivity contribution in [2.75, 3.05) is 0 Å². The molecule has 1 aromatic rings. The average molecular weight is 208 g/mol. The fourth-order valence-electron chi connectivity index (χ4n) is 2.40. The Morgan fingerprint density at radius 3 is 2.80 bits per heavy atom. The Bertz CT molecular complexity index is 396. The number of hydrogen-bond donors (Lipinski definition) is 3. The number of hydrogen-bond acceptors (Lipinski definition) is 2. The highest BCUT2D eigenvalue weighted by Gasteiger charge is 2.25. The lowest BCUT2D eigenvalue weighted by Crippen LogP contribution is -2.22.